The number of para-hydroxylation sites is 2. The highest BCUT2D eigenvalue weighted by Crippen LogP contribution is 2.25. The number of benzene rings is 2. The van der Waals surface area contributed by atoms with Crippen LogP contribution in [-0.4, -0.2) is 38.7 Å². The van der Waals surface area contributed by atoms with Gasteiger partial charge in [0.05, 0.1) is 21.5 Å². The van der Waals surface area contributed by atoms with Crippen LogP contribution in [0, 0.1) is 0 Å². The second-order valence-corrected chi connectivity index (χ2v) is 8.11. The first-order chi connectivity index (χ1) is 15.8. The highest BCUT2D eigenvalue weighted by molar-refractivity contribution is 7.22. The van der Waals surface area contributed by atoms with Crippen molar-refractivity contribution < 1.29 is 4.79 Å². The van der Waals surface area contributed by atoms with E-state index >= 15 is 0 Å². The molecule has 1 amide bonds. The maximum atomic E-state index is 13.0. The van der Waals surface area contributed by atoms with E-state index in [2.05, 4.69) is 25.7 Å². The van der Waals surface area contributed by atoms with Gasteiger partial charge in [-0.3, -0.25) is 9.78 Å². The van der Waals surface area contributed by atoms with Crippen molar-refractivity contribution in [3.05, 3.63) is 90.9 Å². The summed E-state index contributed by atoms with van der Waals surface area (Å²) in [7, 11) is 0. The third-order valence-corrected chi connectivity index (χ3v) is 5.89. The van der Waals surface area contributed by atoms with Gasteiger partial charge >= 0.3 is 0 Å². The minimum absolute atomic E-state index is 0.183. The fraction of sp³-hybridized carbons (Fsp3) is 0.0833. The van der Waals surface area contributed by atoms with E-state index in [0.29, 0.717) is 24.3 Å². The predicted molar refractivity (Wildman–Crippen MR) is 127 cm³/mol. The van der Waals surface area contributed by atoms with Crippen molar-refractivity contribution in [2.45, 2.75) is 0 Å². The van der Waals surface area contributed by atoms with E-state index in [1.54, 1.807) is 34.6 Å². The fourth-order valence-electron chi connectivity index (χ4n) is 3.36. The largest absolute Gasteiger partial charge is 0.360 e. The lowest BCUT2D eigenvalue weighted by Crippen LogP contribution is -2.28. The number of carbonyl (C=O) groups excluding carboxylic acids is 1. The van der Waals surface area contributed by atoms with Crippen molar-refractivity contribution in [3.63, 3.8) is 0 Å². The quantitative estimate of drug-likeness (QED) is 0.367. The van der Waals surface area contributed by atoms with E-state index < -0.39 is 0 Å². The smallest absolute Gasteiger partial charge is 0.255 e. The first-order valence-electron chi connectivity index (χ1n) is 10.2. The number of carbonyl (C=O) groups is 1. The lowest BCUT2D eigenvalue weighted by atomic mass is 10.1. The van der Waals surface area contributed by atoms with Crippen LogP contribution in [0.5, 0.6) is 0 Å². The van der Waals surface area contributed by atoms with Crippen molar-refractivity contribution >= 4 is 32.6 Å². The van der Waals surface area contributed by atoms with E-state index in [1.165, 1.54) is 0 Å². The first-order valence-corrected chi connectivity index (χ1v) is 11.0. The lowest BCUT2D eigenvalue weighted by molar-refractivity contribution is 0.0956. The standard InChI is InChI=1S/C24H20N6OS/c31-23(26-13-14-27-24-28-20-10-4-5-11-21(20)32-24)19-16-30(18-8-2-1-3-9-18)29-22(19)17-7-6-12-25-15-17/h1-12,15-16H,13-14H2,(H,26,31)(H,27,28). The van der Waals surface area contributed by atoms with Gasteiger partial charge in [-0.2, -0.15) is 5.10 Å². The zero-order valence-corrected chi connectivity index (χ0v) is 17.9. The molecule has 0 atom stereocenters. The van der Waals surface area contributed by atoms with E-state index in [4.69, 9.17) is 0 Å². The number of aromatic nitrogens is 4. The summed E-state index contributed by atoms with van der Waals surface area (Å²) in [4.78, 5) is 21.7. The Morgan fingerprint density at radius 2 is 1.81 bits per heavy atom. The number of nitrogens with one attached hydrogen (secondary N) is 2. The average Bonchev–Trinajstić information content (AvgIpc) is 3.47. The molecule has 0 spiro atoms. The second-order valence-electron chi connectivity index (χ2n) is 7.08. The van der Waals surface area contributed by atoms with Crippen LogP contribution < -0.4 is 10.6 Å². The molecule has 5 rings (SSSR count). The molecule has 5 aromatic rings. The van der Waals surface area contributed by atoms with Crippen molar-refractivity contribution in [3.8, 4) is 16.9 Å². The Balaban J connectivity index is 1.30. The molecule has 8 heteroatoms. The summed E-state index contributed by atoms with van der Waals surface area (Å²) in [6, 6.07) is 21.5. The third-order valence-electron chi connectivity index (χ3n) is 4.90. The Bertz CT molecular complexity index is 1310. The zero-order chi connectivity index (χ0) is 21.8. The third kappa shape index (κ3) is 4.21. The fourth-order valence-corrected chi connectivity index (χ4v) is 4.25. The molecule has 3 heterocycles. The van der Waals surface area contributed by atoms with E-state index in [0.717, 1.165) is 26.6 Å². The van der Waals surface area contributed by atoms with Crippen molar-refractivity contribution in [1.29, 1.82) is 0 Å². The van der Waals surface area contributed by atoms with Crippen LogP contribution in [0.25, 0.3) is 27.2 Å². The van der Waals surface area contributed by atoms with Gasteiger partial charge in [0.2, 0.25) is 0 Å². The number of amides is 1. The Morgan fingerprint density at radius 1 is 0.969 bits per heavy atom. The van der Waals surface area contributed by atoms with Gasteiger partial charge in [0.25, 0.3) is 5.91 Å². The average molecular weight is 441 g/mol. The lowest BCUT2D eigenvalue weighted by Gasteiger charge is -2.06. The number of anilines is 1. The predicted octanol–water partition coefficient (Wildman–Crippen LogP) is 4.39. The molecule has 158 valence electrons. The molecule has 0 aliphatic rings. The van der Waals surface area contributed by atoms with Gasteiger partial charge in [-0.15, -0.1) is 0 Å². The molecule has 0 bridgehead atoms. The van der Waals surface area contributed by atoms with E-state index in [1.807, 2.05) is 66.7 Å². The molecule has 0 saturated heterocycles. The summed E-state index contributed by atoms with van der Waals surface area (Å²) < 4.78 is 2.85. The summed E-state index contributed by atoms with van der Waals surface area (Å²) >= 11 is 1.60. The monoisotopic (exact) mass is 440 g/mol. The summed E-state index contributed by atoms with van der Waals surface area (Å²) in [5, 5.41) is 11.8. The molecule has 0 fully saturated rings. The number of hydrogen-bond donors (Lipinski definition) is 2. The number of nitrogens with zero attached hydrogens (tertiary/aromatic N) is 4. The molecule has 0 saturated carbocycles. The molecule has 0 aliphatic carbocycles. The maximum Gasteiger partial charge on any atom is 0.255 e. The van der Waals surface area contributed by atoms with E-state index in [9.17, 15) is 4.79 Å². The molecule has 0 unspecified atom stereocenters. The van der Waals surface area contributed by atoms with Crippen LogP contribution in [0.1, 0.15) is 10.4 Å². The summed E-state index contributed by atoms with van der Waals surface area (Å²) in [5.74, 6) is -0.183. The number of hydrogen-bond acceptors (Lipinski definition) is 6. The van der Waals surface area contributed by atoms with Gasteiger partial charge in [-0.1, -0.05) is 41.7 Å². The van der Waals surface area contributed by atoms with Crippen LogP contribution in [0.2, 0.25) is 0 Å². The number of pyridine rings is 1. The SMILES string of the molecule is O=C(NCCNc1nc2ccccc2s1)c1cn(-c2ccccc2)nc1-c1cccnc1. The Hall–Kier alpha value is -4.04. The highest BCUT2D eigenvalue weighted by Gasteiger charge is 2.18. The van der Waals surface area contributed by atoms with Gasteiger partial charge in [0.15, 0.2) is 5.13 Å². The summed E-state index contributed by atoms with van der Waals surface area (Å²) in [6.45, 7) is 1.03. The van der Waals surface area contributed by atoms with Crippen molar-refractivity contribution in [2.75, 3.05) is 18.4 Å². The van der Waals surface area contributed by atoms with Crippen LogP contribution in [0.3, 0.4) is 0 Å². The van der Waals surface area contributed by atoms with Crippen LogP contribution in [-0.2, 0) is 0 Å². The van der Waals surface area contributed by atoms with Gasteiger partial charge in [0.1, 0.15) is 5.69 Å². The van der Waals surface area contributed by atoms with Gasteiger partial charge in [0, 0.05) is 37.2 Å². The molecule has 32 heavy (non-hydrogen) atoms. The van der Waals surface area contributed by atoms with Crippen LogP contribution in [0.4, 0.5) is 5.13 Å². The molecule has 2 aromatic carbocycles. The molecular formula is C24H20N6OS. The van der Waals surface area contributed by atoms with Gasteiger partial charge < -0.3 is 10.6 Å². The minimum atomic E-state index is -0.183. The molecular weight excluding hydrogens is 420 g/mol. The molecule has 2 N–H and O–H groups in total. The Labute approximate surface area is 188 Å². The highest BCUT2D eigenvalue weighted by atomic mass is 32.1. The minimum Gasteiger partial charge on any atom is -0.360 e. The second kappa shape index (κ2) is 8.99. The van der Waals surface area contributed by atoms with E-state index in [-0.39, 0.29) is 5.91 Å². The topological polar surface area (TPSA) is 84.7 Å². The van der Waals surface area contributed by atoms with Crippen LogP contribution in [0.15, 0.2) is 85.3 Å². The van der Waals surface area contributed by atoms with Crippen LogP contribution >= 0.6 is 11.3 Å². The van der Waals surface area contributed by atoms with Crippen molar-refractivity contribution in [2.24, 2.45) is 0 Å². The van der Waals surface area contributed by atoms with Gasteiger partial charge in [-0.05, 0) is 36.4 Å². The number of fused-ring (bicyclic) bond motifs is 1. The number of thiazole rings is 1. The first kappa shape index (κ1) is 19.9. The normalized spacial score (nSPS) is 10.9. The molecule has 3 aromatic heterocycles. The van der Waals surface area contributed by atoms with Gasteiger partial charge in [-0.25, -0.2) is 9.67 Å². The summed E-state index contributed by atoms with van der Waals surface area (Å²) in [6.07, 6.45) is 5.17. The Kier molecular flexibility index (Phi) is 5.59. The Morgan fingerprint density at radius 3 is 2.62 bits per heavy atom. The summed E-state index contributed by atoms with van der Waals surface area (Å²) in [5.41, 5.74) is 3.74. The maximum absolute atomic E-state index is 13.0. The molecule has 0 radical (unpaired) electrons. The number of rotatable bonds is 7. The van der Waals surface area contributed by atoms with Crippen molar-refractivity contribution in [1.82, 2.24) is 25.1 Å². The molecule has 7 nitrogen and oxygen atoms in total. The zero-order valence-electron chi connectivity index (χ0n) is 17.1. The molecule has 0 aliphatic heterocycles.